The van der Waals surface area contributed by atoms with Crippen molar-refractivity contribution in [1.29, 1.82) is 0 Å². The van der Waals surface area contributed by atoms with Crippen LogP contribution in [0, 0.1) is 11.3 Å². The van der Waals surface area contributed by atoms with E-state index in [4.69, 9.17) is 5.73 Å². The number of rotatable bonds is 3. The van der Waals surface area contributed by atoms with Gasteiger partial charge >= 0.3 is 0 Å². The van der Waals surface area contributed by atoms with E-state index in [0.29, 0.717) is 12.6 Å². The second-order valence-electron chi connectivity index (χ2n) is 5.77. The van der Waals surface area contributed by atoms with Crippen LogP contribution in [-0.2, 0) is 4.79 Å². The Labute approximate surface area is 98.2 Å². The minimum atomic E-state index is -0.205. The molecule has 0 aromatic carbocycles. The lowest BCUT2D eigenvalue weighted by Crippen LogP contribution is -2.53. The topological polar surface area (TPSA) is 55.1 Å². The summed E-state index contributed by atoms with van der Waals surface area (Å²) in [4.78, 5) is 12.1. The molecule has 0 aromatic heterocycles. The molecule has 2 aliphatic carbocycles. The summed E-state index contributed by atoms with van der Waals surface area (Å²) in [6.07, 6.45) is 7.92. The molecule has 3 heteroatoms. The maximum atomic E-state index is 12.1. The number of nitrogens with one attached hydrogen (secondary N) is 1. The van der Waals surface area contributed by atoms with E-state index in [0.717, 1.165) is 38.0 Å². The molecule has 3 N–H and O–H groups in total. The molecule has 0 heterocycles. The van der Waals surface area contributed by atoms with Gasteiger partial charge < -0.3 is 11.1 Å². The zero-order chi connectivity index (χ0) is 11.6. The number of amides is 1. The molecular weight excluding hydrogens is 200 g/mol. The third-order valence-electron chi connectivity index (χ3n) is 4.53. The molecule has 16 heavy (non-hydrogen) atoms. The first-order valence-electron chi connectivity index (χ1n) is 6.67. The molecule has 0 aromatic rings. The molecule has 2 fully saturated rings. The first kappa shape index (κ1) is 11.9. The smallest absolute Gasteiger partial charge is 0.227 e. The minimum absolute atomic E-state index is 0.205. The van der Waals surface area contributed by atoms with Gasteiger partial charge in [0, 0.05) is 12.6 Å². The lowest BCUT2D eigenvalue weighted by molar-refractivity contribution is -0.136. The Morgan fingerprint density at radius 1 is 1.31 bits per heavy atom. The van der Waals surface area contributed by atoms with Crippen molar-refractivity contribution < 1.29 is 4.79 Å². The van der Waals surface area contributed by atoms with Gasteiger partial charge in [0.1, 0.15) is 0 Å². The van der Waals surface area contributed by atoms with E-state index in [1.807, 2.05) is 0 Å². The van der Waals surface area contributed by atoms with E-state index in [1.54, 1.807) is 0 Å². The van der Waals surface area contributed by atoms with Crippen molar-refractivity contribution in [3.8, 4) is 0 Å². The van der Waals surface area contributed by atoms with Crippen molar-refractivity contribution in [3.05, 3.63) is 0 Å². The third kappa shape index (κ3) is 2.24. The summed E-state index contributed by atoms with van der Waals surface area (Å²) in [5.41, 5.74) is 5.53. The van der Waals surface area contributed by atoms with E-state index >= 15 is 0 Å². The Morgan fingerprint density at radius 3 is 2.38 bits per heavy atom. The standard InChI is InChI=1S/C13H24N2O/c1-10-3-5-11(6-4-10)15-12(16)13(9-14)7-2-8-13/h10-11H,2-9,14H2,1H3,(H,15,16). The van der Waals surface area contributed by atoms with Crippen molar-refractivity contribution >= 4 is 5.91 Å². The Hall–Kier alpha value is -0.570. The van der Waals surface area contributed by atoms with E-state index in [-0.39, 0.29) is 11.3 Å². The second-order valence-corrected chi connectivity index (χ2v) is 5.77. The molecule has 0 bridgehead atoms. The van der Waals surface area contributed by atoms with Crippen LogP contribution >= 0.6 is 0 Å². The van der Waals surface area contributed by atoms with E-state index < -0.39 is 0 Å². The van der Waals surface area contributed by atoms with Crippen LogP contribution in [0.4, 0.5) is 0 Å². The first-order chi connectivity index (χ1) is 7.66. The minimum Gasteiger partial charge on any atom is -0.353 e. The van der Waals surface area contributed by atoms with Gasteiger partial charge in [-0.3, -0.25) is 4.79 Å². The normalized spacial score (nSPS) is 32.9. The van der Waals surface area contributed by atoms with Gasteiger partial charge in [0.2, 0.25) is 5.91 Å². The average molecular weight is 224 g/mol. The highest BCUT2D eigenvalue weighted by Gasteiger charge is 2.43. The molecule has 2 aliphatic rings. The zero-order valence-electron chi connectivity index (χ0n) is 10.3. The number of hydrogen-bond acceptors (Lipinski definition) is 2. The maximum absolute atomic E-state index is 12.1. The van der Waals surface area contributed by atoms with E-state index in [9.17, 15) is 4.79 Å². The monoisotopic (exact) mass is 224 g/mol. The molecule has 3 nitrogen and oxygen atoms in total. The second kappa shape index (κ2) is 4.74. The lowest BCUT2D eigenvalue weighted by Gasteiger charge is -2.40. The zero-order valence-corrected chi connectivity index (χ0v) is 10.3. The fraction of sp³-hybridized carbons (Fsp3) is 0.923. The SMILES string of the molecule is CC1CCC(NC(=O)C2(CN)CCC2)CC1. The van der Waals surface area contributed by atoms with Crippen LogP contribution in [-0.4, -0.2) is 18.5 Å². The molecule has 0 saturated heterocycles. The van der Waals surface area contributed by atoms with Crippen molar-refractivity contribution in [1.82, 2.24) is 5.32 Å². The molecule has 0 radical (unpaired) electrons. The van der Waals surface area contributed by atoms with E-state index in [2.05, 4.69) is 12.2 Å². The maximum Gasteiger partial charge on any atom is 0.227 e. The van der Waals surface area contributed by atoms with Gasteiger partial charge in [-0.15, -0.1) is 0 Å². The van der Waals surface area contributed by atoms with Gasteiger partial charge in [0.25, 0.3) is 0 Å². The van der Waals surface area contributed by atoms with Crippen LogP contribution < -0.4 is 11.1 Å². The van der Waals surface area contributed by atoms with Gasteiger partial charge in [-0.1, -0.05) is 13.3 Å². The van der Waals surface area contributed by atoms with Crippen LogP contribution in [0.3, 0.4) is 0 Å². The predicted molar refractivity (Wildman–Crippen MR) is 64.9 cm³/mol. The molecule has 2 rings (SSSR count). The molecule has 92 valence electrons. The van der Waals surface area contributed by atoms with Crippen molar-refractivity contribution in [3.63, 3.8) is 0 Å². The summed E-state index contributed by atoms with van der Waals surface area (Å²) in [5, 5.41) is 3.21. The van der Waals surface area contributed by atoms with Gasteiger partial charge in [-0.2, -0.15) is 0 Å². The largest absolute Gasteiger partial charge is 0.353 e. The van der Waals surface area contributed by atoms with Crippen molar-refractivity contribution in [2.45, 2.75) is 57.9 Å². The van der Waals surface area contributed by atoms with Gasteiger partial charge in [-0.25, -0.2) is 0 Å². The molecule has 0 unspecified atom stereocenters. The average Bonchev–Trinajstić information content (AvgIpc) is 2.21. The van der Waals surface area contributed by atoms with Crippen LogP contribution in [0.2, 0.25) is 0 Å². The fourth-order valence-corrected chi connectivity index (χ4v) is 2.87. The van der Waals surface area contributed by atoms with Crippen molar-refractivity contribution in [2.75, 3.05) is 6.54 Å². The highest BCUT2D eigenvalue weighted by molar-refractivity contribution is 5.84. The molecule has 2 saturated carbocycles. The van der Waals surface area contributed by atoms with Crippen LogP contribution in [0.15, 0.2) is 0 Å². The summed E-state index contributed by atoms with van der Waals surface area (Å²) in [6.45, 7) is 2.81. The van der Waals surface area contributed by atoms with Gasteiger partial charge in [0.05, 0.1) is 5.41 Å². The summed E-state index contributed by atoms with van der Waals surface area (Å²) >= 11 is 0. The number of carbonyl (C=O) groups is 1. The van der Waals surface area contributed by atoms with Crippen LogP contribution in [0.25, 0.3) is 0 Å². The molecule has 1 amide bonds. The summed E-state index contributed by atoms with van der Waals surface area (Å²) in [7, 11) is 0. The highest BCUT2D eigenvalue weighted by atomic mass is 16.2. The van der Waals surface area contributed by atoms with Crippen LogP contribution in [0.5, 0.6) is 0 Å². The molecule has 0 aliphatic heterocycles. The number of nitrogens with two attached hydrogens (primary N) is 1. The fourth-order valence-electron chi connectivity index (χ4n) is 2.87. The molecule has 0 spiro atoms. The summed E-state index contributed by atoms with van der Waals surface area (Å²) in [6, 6.07) is 0.410. The van der Waals surface area contributed by atoms with Crippen LogP contribution in [0.1, 0.15) is 51.9 Å². The predicted octanol–water partition coefficient (Wildman–Crippen LogP) is 1.81. The lowest BCUT2D eigenvalue weighted by atomic mass is 9.68. The van der Waals surface area contributed by atoms with Gasteiger partial charge in [0.15, 0.2) is 0 Å². The number of hydrogen-bond donors (Lipinski definition) is 2. The van der Waals surface area contributed by atoms with E-state index in [1.165, 1.54) is 12.8 Å². The Balaban J connectivity index is 1.83. The Morgan fingerprint density at radius 2 is 1.94 bits per heavy atom. The first-order valence-corrected chi connectivity index (χ1v) is 6.67. The quantitative estimate of drug-likeness (QED) is 0.768. The Bertz CT molecular complexity index is 247. The Kier molecular flexibility index (Phi) is 3.53. The highest BCUT2D eigenvalue weighted by Crippen LogP contribution is 2.40. The third-order valence-corrected chi connectivity index (χ3v) is 4.53. The number of carbonyl (C=O) groups excluding carboxylic acids is 1. The van der Waals surface area contributed by atoms with Gasteiger partial charge in [-0.05, 0) is 44.4 Å². The summed E-state index contributed by atoms with van der Waals surface area (Å²) in [5.74, 6) is 1.06. The summed E-state index contributed by atoms with van der Waals surface area (Å²) < 4.78 is 0. The van der Waals surface area contributed by atoms with Crippen molar-refractivity contribution in [2.24, 2.45) is 17.1 Å². The molecule has 0 atom stereocenters. The molecular formula is C13H24N2O.